The van der Waals surface area contributed by atoms with Crippen LogP contribution in [0.4, 0.5) is 0 Å². The van der Waals surface area contributed by atoms with Crippen LogP contribution < -0.4 is 0 Å². The van der Waals surface area contributed by atoms with Crippen molar-refractivity contribution in [2.75, 3.05) is 0 Å². The molecule has 0 saturated heterocycles. The molecule has 83 valence electrons. The largest absolute Gasteiger partial charge is 0.486 e. The van der Waals surface area contributed by atoms with Gasteiger partial charge in [0.25, 0.3) is 0 Å². The number of hydrogen-bond donors (Lipinski definition) is 1. The van der Waals surface area contributed by atoms with Gasteiger partial charge in [0.1, 0.15) is 5.78 Å². The summed E-state index contributed by atoms with van der Waals surface area (Å²) in [6.45, 7) is 1.58. The molecule has 3 nitrogen and oxygen atoms in total. The van der Waals surface area contributed by atoms with Crippen molar-refractivity contribution in [3.05, 3.63) is 41.1 Å². The number of nitrogens with one attached hydrogen (secondary N) is 2. The van der Waals surface area contributed by atoms with Gasteiger partial charge in [0.15, 0.2) is 0 Å². The number of Topliss-reactive ketones (excluding diaryl/α,β-unsaturated/α-hetero) is 1. The Morgan fingerprint density at radius 3 is 2.19 bits per heavy atom. The number of amidine groups is 1. The first-order valence-corrected chi connectivity index (χ1v) is 4.94. The van der Waals surface area contributed by atoms with Crippen molar-refractivity contribution < 1.29 is 37.5 Å². The van der Waals surface area contributed by atoms with Gasteiger partial charge in [0.2, 0.25) is 0 Å². The molecule has 16 heavy (non-hydrogen) atoms. The van der Waals surface area contributed by atoms with Crippen LogP contribution in [-0.4, -0.2) is 11.6 Å². The van der Waals surface area contributed by atoms with Gasteiger partial charge in [-0.1, -0.05) is 30.1 Å². The molecule has 0 unspecified atom stereocenters. The molecule has 1 aromatic carbocycles. The van der Waals surface area contributed by atoms with Crippen molar-refractivity contribution in [3.8, 4) is 0 Å². The zero-order chi connectivity index (χ0) is 11.3. The minimum Gasteiger partial charge on any atom is -0.486 e. The summed E-state index contributed by atoms with van der Waals surface area (Å²) in [4.78, 5) is 10.9. The number of aryl methyl sites for hydroxylation is 1. The zero-order valence-electron chi connectivity index (χ0n) is 9.42. The first kappa shape index (κ1) is 15.5. The van der Waals surface area contributed by atoms with E-state index in [1.165, 1.54) is 0 Å². The Morgan fingerprint density at radius 1 is 1.25 bits per heavy atom. The van der Waals surface area contributed by atoms with E-state index in [1.807, 2.05) is 24.3 Å². The quantitative estimate of drug-likeness (QED) is 0.658. The second-order valence-electron chi connectivity index (χ2n) is 3.67. The standard InChI is InChI=1S/C12H15N2O.Y/c1-9(15)8-11-4-2-10(3-5-11)6-7-12(13)14;/h2-5H,6-8H2,1H3,(H2-,13,14);/q-1;. The monoisotopic (exact) mass is 292 g/mol. The SMILES string of the molecule is CC(=O)Cc1ccc(CCC(=N)[NH-])cc1.[Y]. The molecule has 0 fully saturated rings. The fourth-order valence-electron chi connectivity index (χ4n) is 1.38. The van der Waals surface area contributed by atoms with E-state index in [0.717, 1.165) is 17.5 Å². The molecular weight excluding hydrogens is 277 g/mol. The van der Waals surface area contributed by atoms with Crippen molar-refractivity contribution in [1.82, 2.24) is 0 Å². The average Bonchev–Trinajstić information content (AvgIpc) is 2.16. The maximum Gasteiger partial charge on any atom is 0.134 e. The molecule has 1 rings (SSSR count). The van der Waals surface area contributed by atoms with E-state index in [2.05, 4.69) is 0 Å². The number of hydrogen-bond acceptors (Lipinski definition) is 2. The van der Waals surface area contributed by atoms with Gasteiger partial charge in [-0.25, -0.2) is 0 Å². The van der Waals surface area contributed by atoms with Crippen molar-refractivity contribution in [1.29, 1.82) is 5.41 Å². The summed E-state index contributed by atoms with van der Waals surface area (Å²) in [5.74, 6) is 0.124. The van der Waals surface area contributed by atoms with E-state index in [4.69, 9.17) is 11.1 Å². The molecule has 0 aliphatic carbocycles. The van der Waals surface area contributed by atoms with Gasteiger partial charge in [-0.05, 0) is 30.9 Å². The summed E-state index contributed by atoms with van der Waals surface area (Å²) in [5.41, 5.74) is 9.13. The van der Waals surface area contributed by atoms with Gasteiger partial charge in [0, 0.05) is 39.1 Å². The topological polar surface area (TPSA) is 64.7 Å². The van der Waals surface area contributed by atoms with E-state index in [-0.39, 0.29) is 44.3 Å². The van der Waals surface area contributed by atoms with Crippen LogP contribution in [0.1, 0.15) is 24.5 Å². The minimum atomic E-state index is -0.0391. The third kappa shape index (κ3) is 6.14. The zero-order valence-corrected chi connectivity index (χ0v) is 12.3. The molecule has 0 saturated carbocycles. The Bertz CT molecular complexity index is 360. The second kappa shape index (κ2) is 7.69. The first-order chi connectivity index (χ1) is 7.08. The van der Waals surface area contributed by atoms with Crippen LogP contribution in [0.5, 0.6) is 0 Å². The Balaban J connectivity index is 0.00000225. The smallest absolute Gasteiger partial charge is 0.134 e. The first-order valence-electron chi connectivity index (χ1n) is 4.94. The predicted molar refractivity (Wildman–Crippen MR) is 61.2 cm³/mol. The normalized spacial score (nSPS) is 9.31. The van der Waals surface area contributed by atoms with E-state index < -0.39 is 0 Å². The summed E-state index contributed by atoms with van der Waals surface area (Å²) in [6.07, 6.45) is 1.68. The van der Waals surface area contributed by atoms with Crippen LogP contribution in [0.2, 0.25) is 0 Å². The van der Waals surface area contributed by atoms with Gasteiger partial charge in [-0.3, -0.25) is 4.79 Å². The fourth-order valence-corrected chi connectivity index (χ4v) is 1.38. The Labute approximate surface area is 121 Å². The molecule has 0 heterocycles. The number of ketones is 1. The number of benzene rings is 1. The van der Waals surface area contributed by atoms with Crippen molar-refractivity contribution >= 4 is 11.6 Å². The Kier molecular flexibility index (Phi) is 7.43. The summed E-state index contributed by atoms with van der Waals surface area (Å²) < 4.78 is 0. The maximum absolute atomic E-state index is 10.9. The minimum absolute atomic E-state index is 0. The van der Waals surface area contributed by atoms with Gasteiger partial charge in [-0.2, -0.15) is 0 Å². The number of carbonyl (C=O) groups excluding carboxylic acids is 1. The van der Waals surface area contributed by atoms with Gasteiger partial charge >= 0.3 is 0 Å². The molecule has 0 spiro atoms. The van der Waals surface area contributed by atoms with Crippen LogP contribution in [0.3, 0.4) is 0 Å². The second-order valence-corrected chi connectivity index (χ2v) is 3.67. The maximum atomic E-state index is 10.9. The van der Waals surface area contributed by atoms with Crippen molar-refractivity contribution in [2.45, 2.75) is 26.2 Å². The third-order valence-corrected chi connectivity index (χ3v) is 2.14. The van der Waals surface area contributed by atoms with Gasteiger partial charge in [0.05, 0.1) is 0 Å². The molecule has 0 atom stereocenters. The molecule has 0 bridgehead atoms. The average molecular weight is 292 g/mol. The van der Waals surface area contributed by atoms with Crippen LogP contribution in [-0.2, 0) is 50.3 Å². The fraction of sp³-hybridized carbons (Fsp3) is 0.333. The van der Waals surface area contributed by atoms with Crippen LogP contribution >= 0.6 is 0 Å². The van der Waals surface area contributed by atoms with Crippen LogP contribution in [0.25, 0.3) is 5.73 Å². The van der Waals surface area contributed by atoms with Gasteiger partial charge < -0.3 is 11.1 Å². The Morgan fingerprint density at radius 2 is 1.75 bits per heavy atom. The molecule has 0 aliphatic heterocycles. The van der Waals surface area contributed by atoms with E-state index in [9.17, 15) is 4.79 Å². The molecular formula is C12H15N2OY-. The van der Waals surface area contributed by atoms with Crippen molar-refractivity contribution in [3.63, 3.8) is 0 Å². The number of rotatable bonds is 5. The van der Waals surface area contributed by atoms with Crippen LogP contribution in [0, 0.1) is 5.41 Å². The third-order valence-electron chi connectivity index (χ3n) is 2.14. The summed E-state index contributed by atoms with van der Waals surface area (Å²) >= 11 is 0. The van der Waals surface area contributed by atoms with Crippen LogP contribution in [0.15, 0.2) is 24.3 Å². The molecule has 1 aromatic rings. The summed E-state index contributed by atoms with van der Waals surface area (Å²) in [5, 5.41) is 7.00. The van der Waals surface area contributed by atoms with E-state index in [1.54, 1.807) is 6.92 Å². The molecule has 0 amide bonds. The number of carbonyl (C=O) groups is 1. The summed E-state index contributed by atoms with van der Waals surface area (Å²) in [6, 6.07) is 7.79. The molecule has 4 heteroatoms. The Hall–Kier alpha value is -0.536. The van der Waals surface area contributed by atoms with E-state index >= 15 is 0 Å². The molecule has 1 radical (unpaired) electrons. The molecule has 2 N–H and O–H groups in total. The predicted octanol–water partition coefficient (Wildman–Crippen LogP) is 2.78. The van der Waals surface area contributed by atoms with Gasteiger partial charge in [-0.15, -0.1) is 0 Å². The summed E-state index contributed by atoms with van der Waals surface area (Å²) in [7, 11) is 0. The molecule has 0 aromatic heterocycles. The van der Waals surface area contributed by atoms with E-state index in [0.29, 0.717) is 12.8 Å². The van der Waals surface area contributed by atoms with Crippen molar-refractivity contribution in [2.24, 2.45) is 0 Å². The molecule has 0 aliphatic rings.